The Labute approximate surface area is 201 Å². The highest BCUT2D eigenvalue weighted by atomic mass is 16.5. The lowest BCUT2D eigenvalue weighted by molar-refractivity contribution is -0.136. The van der Waals surface area contributed by atoms with Crippen LogP contribution in [0, 0.1) is 0 Å². The standard InChI is InChI=1S/C27H34N4O3/c1-34-18-6-15-31-26(33)30(20-23-9-4-5-14-28-23)25(32)27(31)12-16-29(17-13-27)24-11-10-21-7-2-3-8-22(21)19-24/h2-5,7-9,14,24H,6,10-13,15-20H2,1H3. The van der Waals surface area contributed by atoms with Crippen LogP contribution in [0.5, 0.6) is 0 Å². The van der Waals surface area contributed by atoms with E-state index < -0.39 is 5.54 Å². The van der Waals surface area contributed by atoms with Crippen molar-refractivity contribution in [1.29, 1.82) is 0 Å². The number of methoxy groups -OCH3 is 1. The Morgan fingerprint density at radius 3 is 2.56 bits per heavy atom. The van der Waals surface area contributed by atoms with Gasteiger partial charge in [-0.3, -0.25) is 19.6 Å². The largest absolute Gasteiger partial charge is 0.385 e. The number of hydrogen-bond acceptors (Lipinski definition) is 5. The van der Waals surface area contributed by atoms with Crippen LogP contribution in [-0.4, -0.2) is 76.6 Å². The Morgan fingerprint density at radius 2 is 1.82 bits per heavy atom. The number of rotatable bonds is 7. The van der Waals surface area contributed by atoms with Gasteiger partial charge in [-0.05, 0) is 61.8 Å². The third-order valence-electron chi connectivity index (χ3n) is 7.86. The zero-order chi connectivity index (χ0) is 23.5. The molecule has 1 unspecified atom stereocenters. The molecule has 1 atom stereocenters. The van der Waals surface area contributed by atoms with Crippen molar-refractivity contribution in [2.24, 2.45) is 0 Å². The molecular weight excluding hydrogens is 428 g/mol. The Kier molecular flexibility index (Phi) is 6.66. The van der Waals surface area contributed by atoms with Crippen LogP contribution in [0.4, 0.5) is 4.79 Å². The average molecular weight is 463 g/mol. The molecule has 5 rings (SSSR count). The first-order chi connectivity index (χ1) is 16.6. The minimum Gasteiger partial charge on any atom is -0.385 e. The first-order valence-corrected chi connectivity index (χ1v) is 12.5. The SMILES string of the molecule is COCCCN1C(=O)N(Cc2ccccn2)C(=O)C12CCN(C1CCc3ccccc3C1)CC2. The van der Waals surface area contributed by atoms with E-state index in [4.69, 9.17) is 4.74 Å². The molecule has 180 valence electrons. The molecular formula is C27H34N4O3. The van der Waals surface area contributed by atoms with Crippen molar-refractivity contribution in [2.45, 2.75) is 56.7 Å². The Balaban J connectivity index is 1.32. The number of pyridine rings is 1. The number of nitrogens with zero attached hydrogens (tertiary/aromatic N) is 4. The Hall–Kier alpha value is -2.77. The number of ether oxygens (including phenoxy) is 1. The van der Waals surface area contributed by atoms with Gasteiger partial charge < -0.3 is 9.64 Å². The van der Waals surface area contributed by atoms with E-state index in [1.807, 2.05) is 23.1 Å². The normalized spacial score (nSPS) is 22.4. The lowest BCUT2D eigenvalue weighted by Crippen LogP contribution is -2.58. The summed E-state index contributed by atoms with van der Waals surface area (Å²) < 4.78 is 5.23. The number of carbonyl (C=O) groups excluding carboxylic acids is 2. The second kappa shape index (κ2) is 9.84. The number of carbonyl (C=O) groups is 2. The quantitative estimate of drug-likeness (QED) is 0.467. The predicted molar refractivity (Wildman–Crippen MR) is 129 cm³/mol. The maximum Gasteiger partial charge on any atom is 0.328 e. The summed E-state index contributed by atoms with van der Waals surface area (Å²) in [6.45, 7) is 3.01. The van der Waals surface area contributed by atoms with E-state index in [-0.39, 0.29) is 18.5 Å². The molecule has 1 aliphatic carbocycles. The van der Waals surface area contributed by atoms with E-state index in [1.54, 1.807) is 13.3 Å². The topological polar surface area (TPSA) is 66.0 Å². The Morgan fingerprint density at radius 1 is 1.06 bits per heavy atom. The number of hydrogen-bond donors (Lipinski definition) is 0. The van der Waals surface area contributed by atoms with E-state index >= 15 is 0 Å². The fraction of sp³-hybridized carbons (Fsp3) is 0.519. The number of fused-ring (bicyclic) bond motifs is 1. The lowest BCUT2D eigenvalue weighted by Gasteiger charge is -2.45. The molecule has 1 spiro atoms. The molecule has 0 bridgehead atoms. The second-order valence-corrected chi connectivity index (χ2v) is 9.73. The number of benzene rings is 1. The van der Waals surface area contributed by atoms with Crippen LogP contribution in [0.3, 0.4) is 0 Å². The van der Waals surface area contributed by atoms with Gasteiger partial charge in [0.1, 0.15) is 5.54 Å². The third-order valence-corrected chi connectivity index (χ3v) is 7.86. The summed E-state index contributed by atoms with van der Waals surface area (Å²) in [4.78, 5) is 37.4. The van der Waals surface area contributed by atoms with Gasteiger partial charge in [0.2, 0.25) is 0 Å². The van der Waals surface area contributed by atoms with E-state index in [0.717, 1.165) is 44.5 Å². The fourth-order valence-corrected chi connectivity index (χ4v) is 5.99. The molecule has 7 heteroatoms. The zero-order valence-corrected chi connectivity index (χ0v) is 20.0. The molecule has 0 N–H and O–H groups in total. The van der Waals surface area contributed by atoms with Crippen molar-refractivity contribution in [3.05, 3.63) is 65.5 Å². The number of aromatic nitrogens is 1. The van der Waals surface area contributed by atoms with Gasteiger partial charge in [0.05, 0.1) is 12.2 Å². The third kappa shape index (κ3) is 4.23. The van der Waals surface area contributed by atoms with Gasteiger partial charge in [0.15, 0.2) is 0 Å². The molecule has 7 nitrogen and oxygen atoms in total. The van der Waals surface area contributed by atoms with Gasteiger partial charge in [-0.25, -0.2) is 4.79 Å². The lowest BCUT2D eigenvalue weighted by atomic mass is 9.82. The summed E-state index contributed by atoms with van der Waals surface area (Å²) >= 11 is 0. The van der Waals surface area contributed by atoms with E-state index in [2.05, 4.69) is 34.1 Å². The van der Waals surface area contributed by atoms with Crippen LogP contribution in [-0.2, 0) is 28.9 Å². The highest BCUT2D eigenvalue weighted by molar-refractivity contribution is 6.07. The summed E-state index contributed by atoms with van der Waals surface area (Å²) in [7, 11) is 1.67. The number of aryl methyl sites for hydroxylation is 1. The first kappa shape index (κ1) is 23.0. The monoisotopic (exact) mass is 462 g/mol. The van der Waals surface area contributed by atoms with E-state index in [9.17, 15) is 9.59 Å². The highest BCUT2D eigenvalue weighted by Gasteiger charge is 2.58. The van der Waals surface area contributed by atoms with Gasteiger partial charge in [-0.1, -0.05) is 30.3 Å². The molecule has 3 heterocycles. The number of urea groups is 1. The molecule has 1 aromatic carbocycles. The molecule has 2 aliphatic heterocycles. The summed E-state index contributed by atoms with van der Waals surface area (Å²) in [5.74, 6) is -0.0609. The molecule has 3 aliphatic rings. The summed E-state index contributed by atoms with van der Waals surface area (Å²) in [6.07, 6.45) is 7.12. The van der Waals surface area contributed by atoms with Gasteiger partial charge in [-0.15, -0.1) is 0 Å². The van der Waals surface area contributed by atoms with Crippen LogP contribution in [0.1, 0.15) is 42.5 Å². The van der Waals surface area contributed by atoms with Crippen LogP contribution in [0.15, 0.2) is 48.7 Å². The number of imide groups is 1. The molecule has 2 saturated heterocycles. The van der Waals surface area contributed by atoms with Crippen molar-refractivity contribution < 1.29 is 14.3 Å². The molecule has 3 amide bonds. The predicted octanol–water partition coefficient (Wildman–Crippen LogP) is 3.27. The molecule has 0 saturated carbocycles. The van der Waals surface area contributed by atoms with Gasteiger partial charge in [0, 0.05) is 45.6 Å². The Bertz CT molecular complexity index is 1020. The van der Waals surface area contributed by atoms with Crippen LogP contribution >= 0.6 is 0 Å². The van der Waals surface area contributed by atoms with Crippen LogP contribution in [0.25, 0.3) is 0 Å². The van der Waals surface area contributed by atoms with Gasteiger partial charge in [0.25, 0.3) is 5.91 Å². The van der Waals surface area contributed by atoms with Crippen LogP contribution in [0.2, 0.25) is 0 Å². The second-order valence-electron chi connectivity index (χ2n) is 9.73. The molecule has 34 heavy (non-hydrogen) atoms. The van der Waals surface area contributed by atoms with Crippen molar-refractivity contribution in [3.8, 4) is 0 Å². The first-order valence-electron chi connectivity index (χ1n) is 12.5. The zero-order valence-electron chi connectivity index (χ0n) is 20.0. The minimum absolute atomic E-state index is 0.0609. The van der Waals surface area contributed by atoms with Crippen molar-refractivity contribution in [2.75, 3.05) is 33.4 Å². The highest BCUT2D eigenvalue weighted by Crippen LogP contribution is 2.39. The van der Waals surface area contributed by atoms with Gasteiger partial charge >= 0.3 is 6.03 Å². The van der Waals surface area contributed by atoms with Crippen molar-refractivity contribution in [3.63, 3.8) is 0 Å². The molecule has 2 fully saturated rings. The van der Waals surface area contributed by atoms with E-state index in [0.29, 0.717) is 32.0 Å². The van der Waals surface area contributed by atoms with Crippen molar-refractivity contribution in [1.82, 2.24) is 19.7 Å². The summed E-state index contributed by atoms with van der Waals surface area (Å²) in [5, 5.41) is 0. The van der Waals surface area contributed by atoms with Crippen LogP contribution < -0.4 is 0 Å². The minimum atomic E-state index is -0.747. The average Bonchev–Trinajstić information content (AvgIpc) is 3.06. The van der Waals surface area contributed by atoms with Crippen molar-refractivity contribution >= 4 is 11.9 Å². The maximum atomic E-state index is 13.8. The fourth-order valence-electron chi connectivity index (χ4n) is 5.99. The summed E-state index contributed by atoms with van der Waals surface area (Å²) in [5.41, 5.74) is 2.91. The van der Waals surface area contributed by atoms with Gasteiger partial charge in [-0.2, -0.15) is 0 Å². The number of piperidine rings is 1. The number of likely N-dealkylation sites (tertiary alicyclic amines) is 1. The smallest absolute Gasteiger partial charge is 0.328 e. The van der Waals surface area contributed by atoms with E-state index in [1.165, 1.54) is 16.0 Å². The number of amides is 3. The molecule has 0 radical (unpaired) electrons. The maximum absolute atomic E-state index is 13.8. The molecule has 2 aromatic rings. The summed E-state index contributed by atoms with van der Waals surface area (Å²) in [6, 6.07) is 14.7. The molecule has 1 aromatic heterocycles.